The quantitative estimate of drug-likeness (QED) is 0.525. The third-order valence-electron chi connectivity index (χ3n) is 8.93. The van der Waals surface area contributed by atoms with E-state index in [4.69, 9.17) is 24.7 Å². The number of aromatic nitrogens is 3. The first kappa shape index (κ1) is 29.0. The van der Waals surface area contributed by atoms with E-state index in [9.17, 15) is 4.79 Å². The molecule has 2 aromatic heterocycles. The van der Waals surface area contributed by atoms with Crippen molar-refractivity contribution in [2.45, 2.75) is 102 Å². The highest BCUT2D eigenvalue weighted by Gasteiger charge is 2.51. The molecule has 0 unspecified atom stereocenters. The molecule has 11 heteroatoms. The van der Waals surface area contributed by atoms with Crippen molar-refractivity contribution in [2.24, 2.45) is 5.92 Å². The monoisotopic (exact) mass is 558 g/mol. The number of nitrogens with zero attached hydrogens (tertiary/aromatic N) is 5. The average molecular weight is 559 g/mol. The van der Waals surface area contributed by atoms with Gasteiger partial charge in [0.1, 0.15) is 23.5 Å². The van der Waals surface area contributed by atoms with Gasteiger partial charge in [-0.25, -0.2) is 14.3 Å². The molecule has 0 aromatic carbocycles. The minimum absolute atomic E-state index is 0.0498. The molecule has 3 aliphatic rings. The van der Waals surface area contributed by atoms with Gasteiger partial charge in [-0.3, -0.25) is 4.90 Å². The number of hydrogen-bond acceptors (Lipinski definition) is 9. The van der Waals surface area contributed by atoms with Crippen LogP contribution >= 0.6 is 0 Å². The Balaban J connectivity index is 1.34. The molecule has 0 aliphatic carbocycles. The van der Waals surface area contributed by atoms with Crippen LogP contribution in [0.5, 0.6) is 0 Å². The standard InChI is InChI=1S/C29H46N6O5/c1-19-22(17-34-14-8-11-29(34)12-15-33(16-13-29)26(36)40-27(2,3)4)38-24(23(19)39-28(5,6)37-7)20-9-10-21-25(30)31-18-32-35(20)21/h9-10,18-19,22-24H,8,11-17H2,1-7H3,(H2,30,31,32)/t19-,22-,23-,24+/m1/s1. The van der Waals surface area contributed by atoms with Gasteiger partial charge < -0.3 is 29.6 Å². The Morgan fingerprint density at radius 3 is 2.55 bits per heavy atom. The second-order valence-corrected chi connectivity index (χ2v) is 13.1. The van der Waals surface area contributed by atoms with Crippen molar-refractivity contribution in [2.75, 3.05) is 39.0 Å². The van der Waals surface area contributed by atoms with Crippen molar-refractivity contribution in [3.63, 3.8) is 0 Å². The van der Waals surface area contributed by atoms with Crippen molar-refractivity contribution in [3.05, 3.63) is 24.2 Å². The van der Waals surface area contributed by atoms with Crippen molar-refractivity contribution < 1.29 is 23.7 Å². The number of ether oxygens (including phenoxy) is 4. The number of fused-ring (bicyclic) bond motifs is 1. The summed E-state index contributed by atoms with van der Waals surface area (Å²) in [6.07, 6.45) is 4.76. The van der Waals surface area contributed by atoms with Crippen LogP contribution in [0.3, 0.4) is 0 Å². The number of piperidine rings is 1. The highest BCUT2D eigenvalue weighted by atomic mass is 16.7. The molecule has 5 rings (SSSR count). The number of carbonyl (C=O) groups excluding carboxylic acids is 1. The maximum absolute atomic E-state index is 12.7. The van der Waals surface area contributed by atoms with Crippen molar-refractivity contribution >= 4 is 17.4 Å². The number of likely N-dealkylation sites (tertiary alicyclic amines) is 2. The van der Waals surface area contributed by atoms with Crippen LogP contribution in [0.25, 0.3) is 5.52 Å². The SMILES string of the molecule is COC(C)(C)O[C@@H]1[C@H](C)[C@@H](CN2CCCC23CCN(C(=O)OC(C)(C)C)CC3)O[C@H]1c1ccc2c(N)ncnn12. The zero-order chi connectivity index (χ0) is 28.9. The van der Waals surface area contributed by atoms with Crippen LogP contribution in [0.15, 0.2) is 18.5 Å². The van der Waals surface area contributed by atoms with Crippen LogP contribution in [-0.4, -0.2) is 92.9 Å². The number of carbonyl (C=O) groups is 1. The average Bonchev–Trinajstić information content (AvgIpc) is 3.57. The number of methoxy groups -OCH3 is 1. The summed E-state index contributed by atoms with van der Waals surface area (Å²) < 4.78 is 26.5. The first-order chi connectivity index (χ1) is 18.8. The van der Waals surface area contributed by atoms with Gasteiger partial charge in [-0.2, -0.15) is 5.10 Å². The second-order valence-electron chi connectivity index (χ2n) is 13.1. The fraction of sp³-hybridized carbons (Fsp3) is 0.759. The Morgan fingerprint density at radius 1 is 1.15 bits per heavy atom. The zero-order valence-electron chi connectivity index (χ0n) is 25.1. The molecule has 2 aromatic rings. The Morgan fingerprint density at radius 2 is 1.88 bits per heavy atom. The molecule has 11 nitrogen and oxygen atoms in total. The number of nitrogen functional groups attached to an aromatic ring is 1. The number of anilines is 1. The highest BCUT2D eigenvalue weighted by molar-refractivity contribution is 5.68. The van der Waals surface area contributed by atoms with Crippen molar-refractivity contribution in [3.8, 4) is 0 Å². The Hall–Kier alpha value is -2.47. The van der Waals surface area contributed by atoms with Gasteiger partial charge in [0, 0.05) is 38.2 Å². The first-order valence-corrected chi connectivity index (χ1v) is 14.5. The smallest absolute Gasteiger partial charge is 0.410 e. The molecule has 1 amide bonds. The molecule has 3 saturated heterocycles. The second kappa shape index (κ2) is 10.7. The fourth-order valence-corrected chi connectivity index (χ4v) is 6.55. The number of amides is 1. The molecule has 4 atom stereocenters. The summed E-state index contributed by atoms with van der Waals surface area (Å²) in [5, 5.41) is 4.47. The minimum Gasteiger partial charge on any atom is -0.444 e. The minimum atomic E-state index is -0.778. The predicted molar refractivity (Wildman–Crippen MR) is 151 cm³/mol. The summed E-state index contributed by atoms with van der Waals surface area (Å²) in [4.78, 5) is 21.3. The maximum atomic E-state index is 12.7. The summed E-state index contributed by atoms with van der Waals surface area (Å²) in [6, 6.07) is 3.93. The first-order valence-electron chi connectivity index (χ1n) is 14.5. The number of nitrogens with two attached hydrogens (primary N) is 1. The number of rotatable bonds is 6. The molecular formula is C29H46N6O5. The Labute approximate surface area is 237 Å². The van der Waals surface area contributed by atoms with Gasteiger partial charge in [-0.05, 0) is 79.0 Å². The van der Waals surface area contributed by atoms with Crippen LogP contribution in [0.4, 0.5) is 10.6 Å². The van der Waals surface area contributed by atoms with E-state index in [2.05, 4.69) is 21.9 Å². The van der Waals surface area contributed by atoms with Crippen LogP contribution in [0.1, 0.15) is 79.0 Å². The van der Waals surface area contributed by atoms with E-state index in [-0.39, 0.29) is 35.9 Å². The van der Waals surface area contributed by atoms with Gasteiger partial charge in [-0.1, -0.05) is 6.92 Å². The summed E-state index contributed by atoms with van der Waals surface area (Å²) >= 11 is 0. The third kappa shape index (κ3) is 5.66. The Kier molecular flexibility index (Phi) is 7.80. The lowest BCUT2D eigenvalue weighted by Gasteiger charge is -2.46. The number of hydrogen-bond donors (Lipinski definition) is 1. The summed E-state index contributed by atoms with van der Waals surface area (Å²) in [5.74, 6) is -0.251. The lowest BCUT2D eigenvalue weighted by molar-refractivity contribution is -0.237. The molecule has 5 heterocycles. The zero-order valence-corrected chi connectivity index (χ0v) is 25.1. The van der Waals surface area contributed by atoms with Gasteiger partial charge in [0.05, 0.1) is 17.9 Å². The summed E-state index contributed by atoms with van der Waals surface area (Å²) in [6.45, 7) is 15.0. The molecule has 3 fully saturated rings. The van der Waals surface area contributed by atoms with Crippen LogP contribution in [-0.2, 0) is 18.9 Å². The molecule has 0 bridgehead atoms. The topological polar surface area (TPSA) is 117 Å². The van der Waals surface area contributed by atoms with Gasteiger partial charge in [0.25, 0.3) is 0 Å². The van der Waals surface area contributed by atoms with Gasteiger partial charge in [-0.15, -0.1) is 0 Å². The molecule has 222 valence electrons. The maximum Gasteiger partial charge on any atom is 0.410 e. The van der Waals surface area contributed by atoms with E-state index in [1.165, 1.54) is 6.33 Å². The fourth-order valence-electron chi connectivity index (χ4n) is 6.55. The molecule has 40 heavy (non-hydrogen) atoms. The highest BCUT2D eigenvalue weighted by Crippen LogP contribution is 2.45. The van der Waals surface area contributed by atoms with Gasteiger partial charge in [0.2, 0.25) is 0 Å². The Bertz CT molecular complexity index is 1200. The largest absolute Gasteiger partial charge is 0.444 e. The molecule has 3 aliphatic heterocycles. The van der Waals surface area contributed by atoms with Gasteiger partial charge in [0.15, 0.2) is 11.6 Å². The molecule has 2 N–H and O–H groups in total. The lowest BCUT2D eigenvalue weighted by atomic mass is 9.84. The molecule has 0 radical (unpaired) electrons. The van der Waals surface area contributed by atoms with E-state index < -0.39 is 11.4 Å². The summed E-state index contributed by atoms with van der Waals surface area (Å²) in [5.41, 5.74) is 7.34. The van der Waals surface area contributed by atoms with E-state index in [1.807, 2.05) is 56.2 Å². The van der Waals surface area contributed by atoms with E-state index in [1.54, 1.807) is 7.11 Å². The normalized spacial score (nSPS) is 27.6. The van der Waals surface area contributed by atoms with E-state index in [0.717, 1.165) is 50.0 Å². The van der Waals surface area contributed by atoms with E-state index >= 15 is 0 Å². The predicted octanol–water partition coefficient (Wildman–Crippen LogP) is 4.02. The van der Waals surface area contributed by atoms with Crippen molar-refractivity contribution in [1.82, 2.24) is 24.4 Å². The van der Waals surface area contributed by atoms with Crippen LogP contribution < -0.4 is 5.73 Å². The molecular weight excluding hydrogens is 512 g/mol. The lowest BCUT2D eigenvalue weighted by Crippen LogP contribution is -2.55. The molecule has 0 saturated carbocycles. The molecule has 1 spiro atoms. The van der Waals surface area contributed by atoms with Crippen molar-refractivity contribution in [1.29, 1.82) is 0 Å². The van der Waals surface area contributed by atoms with Crippen LogP contribution in [0, 0.1) is 5.92 Å². The van der Waals surface area contributed by atoms with E-state index in [0.29, 0.717) is 18.9 Å². The summed E-state index contributed by atoms with van der Waals surface area (Å²) in [7, 11) is 1.66. The van der Waals surface area contributed by atoms with Gasteiger partial charge >= 0.3 is 6.09 Å². The van der Waals surface area contributed by atoms with Crippen LogP contribution in [0.2, 0.25) is 0 Å². The third-order valence-corrected chi connectivity index (χ3v) is 8.93.